The molecular weight excluding hydrogens is 368 g/mol. The molecule has 5 N–H and O–H groups in total. The van der Waals surface area contributed by atoms with Crippen LogP contribution >= 0.6 is 0 Å². The van der Waals surface area contributed by atoms with Gasteiger partial charge in [0.25, 0.3) is 5.91 Å². The number of carboxylic acid groups (broad SMARTS) is 1. The van der Waals surface area contributed by atoms with Crippen molar-refractivity contribution in [3.8, 4) is 0 Å². The summed E-state index contributed by atoms with van der Waals surface area (Å²) in [6.45, 7) is 1.41. The molecule has 29 heavy (non-hydrogen) atoms. The van der Waals surface area contributed by atoms with Crippen molar-refractivity contribution >= 4 is 23.4 Å². The van der Waals surface area contributed by atoms with Gasteiger partial charge in [0.1, 0.15) is 11.7 Å². The van der Waals surface area contributed by atoms with E-state index in [0.717, 1.165) is 29.9 Å². The Hall–Kier alpha value is -3.06. The fourth-order valence-electron chi connectivity index (χ4n) is 3.73. The molecule has 3 rings (SSSR count). The second-order valence-electron chi connectivity index (χ2n) is 7.48. The second kappa shape index (κ2) is 9.43. The topological polar surface area (TPSA) is 120 Å². The maximum atomic E-state index is 12.3. The number of amides is 1. The van der Waals surface area contributed by atoms with Gasteiger partial charge in [0.2, 0.25) is 5.82 Å². The van der Waals surface area contributed by atoms with E-state index in [1.807, 2.05) is 18.2 Å². The molecule has 2 aliphatic carbocycles. The highest BCUT2D eigenvalue weighted by Crippen LogP contribution is 2.30. The first-order valence-corrected chi connectivity index (χ1v) is 9.98. The highest BCUT2D eigenvalue weighted by atomic mass is 16.4. The third kappa shape index (κ3) is 5.26. The first kappa shape index (κ1) is 20.7. The number of quaternary nitrogens is 1. The molecule has 0 radical (unpaired) electrons. The van der Waals surface area contributed by atoms with Crippen LogP contribution in [0.2, 0.25) is 0 Å². The molecule has 0 saturated heterocycles. The molecule has 7 heteroatoms. The molecular formula is C22H27N4O3+. The zero-order chi connectivity index (χ0) is 20.8. The molecule has 1 atom stereocenters. The van der Waals surface area contributed by atoms with Crippen molar-refractivity contribution in [2.75, 3.05) is 0 Å². The average Bonchev–Trinajstić information content (AvgIpc) is 2.73. The Kier molecular flexibility index (Phi) is 6.72. The van der Waals surface area contributed by atoms with Crippen LogP contribution in [0.25, 0.3) is 0 Å². The van der Waals surface area contributed by atoms with Crippen LogP contribution in [0.15, 0.2) is 59.5 Å². The number of allylic oxidation sites excluding steroid dienone is 4. The third-order valence-corrected chi connectivity index (χ3v) is 5.35. The summed E-state index contributed by atoms with van der Waals surface area (Å²) in [5.41, 5.74) is 2.42. The Bertz CT molecular complexity index is 881. The molecule has 1 fully saturated rings. The molecule has 1 aromatic heterocycles. The van der Waals surface area contributed by atoms with Gasteiger partial charge in [0.15, 0.2) is 0 Å². The van der Waals surface area contributed by atoms with Crippen LogP contribution < -0.4 is 10.6 Å². The van der Waals surface area contributed by atoms with Crippen molar-refractivity contribution in [1.82, 2.24) is 10.3 Å². The van der Waals surface area contributed by atoms with Crippen molar-refractivity contribution in [3.63, 3.8) is 0 Å². The van der Waals surface area contributed by atoms with Crippen LogP contribution in [-0.4, -0.2) is 33.7 Å². The molecule has 1 aromatic rings. The summed E-state index contributed by atoms with van der Waals surface area (Å²) in [5.74, 6) is -0.377. The highest BCUT2D eigenvalue weighted by Gasteiger charge is 2.28. The molecule has 7 nitrogen and oxygen atoms in total. The molecule has 2 aliphatic rings. The van der Waals surface area contributed by atoms with E-state index in [4.69, 9.17) is 10.5 Å². The maximum Gasteiger partial charge on any atom is 0.325 e. The van der Waals surface area contributed by atoms with Gasteiger partial charge in [-0.1, -0.05) is 25.3 Å². The number of carboxylic acids is 1. The standard InChI is InChI=1S/C22H26N4O3/c1-14(22(28)29)25-21(27)16-10-11-17(18(23)13-16)20(15-7-3-2-4-8-15)26-19-9-5-6-12-24-19/h5-6,9-15,23H,2-4,7-8H2,1H3,(H,24,26)(H,25,27)(H,28,29)/p+1/b20-17-,23-18?/t14-/m1/s1. The first-order valence-electron chi connectivity index (χ1n) is 9.98. The number of aliphatic carboxylic acids is 1. The average molecular weight is 395 g/mol. The number of carbonyl (C=O) groups is 2. The minimum atomic E-state index is -1.10. The van der Waals surface area contributed by atoms with Gasteiger partial charge in [-0.25, -0.2) is 4.98 Å². The van der Waals surface area contributed by atoms with Crippen molar-refractivity contribution < 1.29 is 20.0 Å². The van der Waals surface area contributed by atoms with E-state index in [1.165, 1.54) is 32.3 Å². The van der Waals surface area contributed by atoms with E-state index in [9.17, 15) is 9.59 Å². The van der Waals surface area contributed by atoms with E-state index in [1.54, 1.807) is 18.3 Å². The van der Waals surface area contributed by atoms with Crippen molar-refractivity contribution in [2.45, 2.75) is 45.1 Å². The Morgan fingerprint density at radius 3 is 2.62 bits per heavy atom. The summed E-state index contributed by atoms with van der Waals surface area (Å²) < 4.78 is 0. The van der Waals surface area contributed by atoms with Gasteiger partial charge < -0.3 is 15.8 Å². The summed E-state index contributed by atoms with van der Waals surface area (Å²) in [6, 6.07) is 4.77. The third-order valence-electron chi connectivity index (χ3n) is 5.35. The highest BCUT2D eigenvalue weighted by molar-refractivity contribution is 6.15. The van der Waals surface area contributed by atoms with E-state index < -0.39 is 17.9 Å². The number of pyridine rings is 1. The molecule has 0 unspecified atom stereocenters. The summed E-state index contributed by atoms with van der Waals surface area (Å²) in [5, 5.41) is 22.0. The molecule has 1 heterocycles. The lowest BCUT2D eigenvalue weighted by Crippen LogP contribution is -2.78. The van der Waals surface area contributed by atoms with Crippen LogP contribution in [0.1, 0.15) is 39.0 Å². The van der Waals surface area contributed by atoms with Gasteiger partial charge in [-0.3, -0.25) is 14.9 Å². The summed E-state index contributed by atoms with van der Waals surface area (Å²) >= 11 is 0. The van der Waals surface area contributed by atoms with E-state index in [0.29, 0.717) is 5.92 Å². The maximum absolute atomic E-state index is 12.3. The number of rotatable bonds is 6. The van der Waals surface area contributed by atoms with Crippen LogP contribution in [0.5, 0.6) is 0 Å². The minimum Gasteiger partial charge on any atom is -0.480 e. The van der Waals surface area contributed by atoms with Crippen LogP contribution in [-0.2, 0) is 9.59 Å². The molecule has 0 spiro atoms. The van der Waals surface area contributed by atoms with E-state index in [-0.39, 0.29) is 11.3 Å². The van der Waals surface area contributed by atoms with Gasteiger partial charge in [-0.05, 0) is 44.1 Å². The minimum absolute atomic E-state index is 0.258. The SMILES string of the molecule is C[C@@H](NC(=O)C1=CC(=N)/C(=C(\[NH2+]c2ccccn2)C2CCCCC2)C=C1)C(=O)O. The number of nitrogens with one attached hydrogen (secondary N) is 2. The first-order chi connectivity index (χ1) is 14.0. The van der Waals surface area contributed by atoms with Crippen LogP contribution in [0.3, 0.4) is 0 Å². The predicted molar refractivity (Wildman–Crippen MR) is 110 cm³/mol. The molecule has 152 valence electrons. The Labute approximate surface area is 170 Å². The Morgan fingerprint density at radius 2 is 2.00 bits per heavy atom. The quantitative estimate of drug-likeness (QED) is 0.590. The smallest absolute Gasteiger partial charge is 0.325 e. The number of hydrogen-bond donors (Lipinski definition) is 4. The molecule has 0 bridgehead atoms. The normalized spacial score (nSPS) is 20.0. The fourth-order valence-corrected chi connectivity index (χ4v) is 3.73. The van der Waals surface area contributed by atoms with Crippen molar-refractivity contribution in [3.05, 3.63) is 59.5 Å². The Balaban J connectivity index is 1.86. The van der Waals surface area contributed by atoms with Gasteiger partial charge in [-0.15, -0.1) is 0 Å². The lowest BCUT2D eigenvalue weighted by atomic mass is 9.83. The number of hydrogen-bond acceptors (Lipinski definition) is 4. The largest absolute Gasteiger partial charge is 0.480 e. The number of nitrogens with two attached hydrogens (primary N) is 1. The molecule has 0 aromatic carbocycles. The summed E-state index contributed by atoms with van der Waals surface area (Å²) in [6.07, 6.45) is 12.5. The fraction of sp³-hybridized carbons (Fsp3) is 0.364. The van der Waals surface area contributed by atoms with Gasteiger partial charge in [0.05, 0.1) is 11.3 Å². The van der Waals surface area contributed by atoms with E-state index in [2.05, 4.69) is 15.6 Å². The van der Waals surface area contributed by atoms with Crippen LogP contribution in [0, 0.1) is 11.3 Å². The van der Waals surface area contributed by atoms with E-state index >= 15 is 0 Å². The van der Waals surface area contributed by atoms with Crippen molar-refractivity contribution in [1.29, 1.82) is 5.41 Å². The van der Waals surface area contributed by atoms with Crippen molar-refractivity contribution in [2.24, 2.45) is 5.92 Å². The number of aromatic nitrogens is 1. The van der Waals surface area contributed by atoms with Gasteiger partial charge in [-0.2, -0.15) is 0 Å². The van der Waals surface area contributed by atoms with Crippen LogP contribution in [0.4, 0.5) is 5.82 Å². The summed E-state index contributed by atoms with van der Waals surface area (Å²) in [4.78, 5) is 27.7. The number of nitrogens with zero attached hydrogens (tertiary/aromatic N) is 1. The zero-order valence-electron chi connectivity index (χ0n) is 16.5. The monoisotopic (exact) mass is 395 g/mol. The second-order valence-corrected chi connectivity index (χ2v) is 7.48. The lowest BCUT2D eigenvalue weighted by molar-refractivity contribution is -0.530. The molecule has 1 amide bonds. The number of carbonyl (C=O) groups excluding carboxylic acids is 1. The zero-order valence-corrected chi connectivity index (χ0v) is 16.5. The molecule has 0 aliphatic heterocycles. The van der Waals surface area contributed by atoms with Gasteiger partial charge in [0, 0.05) is 23.8 Å². The summed E-state index contributed by atoms with van der Waals surface area (Å²) in [7, 11) is 0. The molecule has 1 saturated carbocycles. The lowest BCUT2D eigenvalue weighted by Gasteiger charge is -2.24. The Morgan fingerprint density at radius 1 is 1.24 bits per heavy atom. The predicted octanol–water partition coefficient (Wildman–Crippen LogP) is 2.22. The van der Waals surface area contributed by atoms with Gasteiger partial charge >= 0.3 is 5.97 Å².